The lowest BCUT2D eigenvalue weighted by molar-refractivity contribution is 0.0950. The van der Waals surface area contributed by atoms with Crippen LogP contribution < -0.4 is 5.32 Å². The van der Waals surface area contributed by atoms with Crippen LogP contribution in [-0.4, -0.2) is 20.7 Å². The van der Waals surface area contributed by atoms with E-state index >= 15 is 0 Å². The molecule has 5 nitrogen and oxygen atoms in total. The second kappa shape index (κ2) is 6.00. The number of nitrogens with zero attached hydrogens (tertiary/aromatic N) is 3. The highest BCUT2D eigenvalue weighted by atomic mass is 16.1. The summed E-state index contributed by atoms with van der Waals surface area (Å²) in [6.07, 6.45) is 4.97. The quantitative estimate of drug-likeness (QED) is 0.796. The van der Waals surface area contributed by atoms with Crippen LogP contribution in [0.1, 0.15) is 16.1 Å². The van der Waals surface area contributed by atoms with Crippen molar-refractivity contribution in [2.75, 3.05) is 0 Å². The number of benzene rings is 1. The second-order valence-corrected chi connectivity index (χ2v) is 4.51. The number of para-hydroxylation sites is 1. The van der Waals surface area contributed by atoms with Crippen LogP contribution in [0.4, 0.5) is 0 Å². The number of carbonyl (C=O) groups is 1. The van der Waals surface area contributed by atoms with Crippen molar-refractivity contribution in [1.82, 2.24) is 20.1 Å². The average molecular weight is 278 g/mol. The first-order valence-corrected chi connectivity index (χ1v) is 6.61. The lowest BCUT2D eigenvalue weighted by Gasteiger charge is -2.02. The molecule has 1 amide bonds. The minimum absolute atomic E-state index is 0.164. The summed E-state index contributed by atoms with van der Waals surface area (Å²) in [5.41, 5.74) is 2.26. The van der Waals surface area contributed by atoms with Gasteiger partial charge >= 0.3 is 0 Å². The molecule has 0 aliphatic carbocycles. The van der Waals surface area contributed by atoms with Gasteiger partial charge in [-0.05, 0) is 24.3 Å². The molecule has 3 aromatic rings. The molecule has 0 saturated carbocycles. The Morgan fingerprint density at radius 1 is 1.10 bits per heavy atom. The van der Waals surface area contributed by atoms with E-state index in [1.54, 1.807) is 23.3 Å². The molecule has 0 aliphatic rings. The lowest BCUT2D eigenvalue weighted by atomic mass is 10.3. The molecule has 0 bridgehead atoms. The van der Waals surface area contributed by atoms with Gasteiger partial charge in [-0.25, -0.2) is 4.68 Å². The van der Waals surface area contributed by atoms with E-state index < -0.39 is 0 Å². The van der Waals surface area contributed by atoms with Crippen molar-refractivity contribution < 1.29 is 4.79 Å². The number of nitrogens with one attached hydrogen (secondary N) is 1. The van der Waals surface area contributed by atoms with Crippen LogP contribution in [-0.2, 0) is 6.54 Å². The highest BCUT2D eigenvalue weighted by Crippen LogP contribution is 2.07. The van der Waals surface area contributed by atoms with Crippen molar-refractivity contribution in [1.29, 1.82) is 0 Å². The molecule has 21 heavy (non-hydrogen) atoms. The van der Waals surface area contributed by atoms with Crippen LogP contribution >= 0.6 is 0 Å². The van der Waals surface area contributed by atoms with Gasteiger partial charge in [0, 0.05) is 12.4 Å². The molecule has 0 fully saturated rings. The van der Waals surface area contributed by atoms with E-state index in [2.05, 4.69) is 15.4 Å². The normalized spacial score (nSPS) is 10.3. The molecule has 2 aromatic heterocycles. The average Bonchev–Trinajstić information content (AvgIpc) is 3.04. The van der Waals surface area contributed by atoms with Crippen LogP contribution in [0.25, 0.3) is 5.69 Å². The Bertz CT molecular complexity index is 722. The fraction of sp³-hybridized carbons (Fsp3) is 0.0625. The van der Waals surface area contributed by atoms with Gasteiger partial charge in [-0.15, -0.1) is 0 Å². The number of aromatic nitrogens is 3. The summed E-state index contributed by atoms with van der Waals surface area (Å²) in [6.45, 7) is 0.399. The highest BCUT2D eigenvalue weighted by Gasteiger charge is 2.09. The molecule has 0 unspecified atom stereocenters. The zero-order chi connectivity index (χ0) is 14.5. The Morgan fingerprint density at radius 3 is 2.67 bits per heavy atom. The predicted molar refractivity (Wildman–Crippen MR) is 79.0 cm³/mol. The van der Waals surface area contributed by atoms with Crippen LogP contribution in [0.15, 0.2) is 67.1 Å². The standard InChI is InChI=1S/C16H14N4O/c21-16(18-11-14-6-4-5-9-17-14)13-10-19-20(12-13)15-7-2-1-3-8-15/h1-10,12H,11H2,(H,18,21). The molecule has 5 heteroatoms. The smallest absolute Gasteiger partial charge is 0.254 e. The minimum atomic E-state index is -0.164. The molecule has 0 saturated heterocycles. The number of pyridine rings is 1. The third-order valence-electron chi connectivity index (χ3n) is 3.02. The minimum Gasteiger partial charge on any atom is -0.346 e. The maximum atomic E-state index is 12.1. The fourth-order valence-electron chi connectivity index (χ4n) is 1.94. The van der Waals surface area contributed by atoms with Crippen molar-refractivity contribution in [2.24, 2.45) is 0 Å². The van der Waals surface area contributed by atoms with Gasteiger partial charge in [-0.3, -0.25) is 9.78 Å². The zero-order valence-electron chi connectivity index (χ0n) is 11.3. The van der Waals surface area contributed by atoms with Gasteiger partial charge in [-0.2, -0.15) is 5.10 Å². The lowest BCUT2D eigenvalue weighted by Crippen LogP contribution is -2.22. The van der Waals surface area contributed by atoms with Crippen molar-refractivity contribution in [2.45, 2.75) is 6.54 Å². The van der Waals surface area contributed by atoms with Gasteiger partial charge < -0.3 is 5.32 Å². The Morgan fingerprint density at radius 2 is 1.90 bits per heavy atom. The molecule has 0 spiro atoms. The van der Waals surface area contributed by atoms with Gasteiger partial charge in [0.15, 0.2) is 0 Å². The summed E-state index contributed by atoms with van der Waals surface area (Å²) in [4.78, 5) is 16.2. The highest BCUT2D eigenvalue weighted by molar-refractivity contribution is 5.93. The van der Waals surface area contributed by atoms with E-state index in [1.165, 1.54) is 0 Å². The Labute approximate surface area is 122 Å². The van der Waals surface area contributed by atoms with Crippen molar-refractivity contribution in [3.63, 3.8) is 0 Å². The maximum Gasteiger partial charge on any atom is 0.254 e. The van der Waals surface area contributed by atoms with Gasteiger partial charge in [0.05, 0.1) is 29.7 Å². The summed E-state index contributed by atoms with van der Waals surface area (Å²) >= 11 is 0. The zero-order valence-corrected chi connectivity index (χ0v) is 11.3. The first kappa shape index (κ1) is 13.1. The van der Waals surface area contributed by atoms with E-state index in [-0.39, 0.29) is 5.91 Å². The number of hydrogen-bond acceptors (Lipinski definition) is 3. The van der Waals surface area contributed by atoms with Crippen molar-refractivity contribution in [3.05, 3.63) is 78.4 Å². The van der Waals surface area contributed by atoms with E-state index in [0.29, 0.717) is 12.1 Å². The number of carbonyl (C=O) groups excluding carboxylic acids is 1. The molecular formula is C16H14N4O. The first-order chi connectivity index (χ1) is 10.3. The third kappa shape index (κ3) is 3.14. The molecule has 1 aromatic carbocycles. The predicted octanol–water partition coefficient (Wildman–Crippen LogP) is 2.20. The van der Waals surface area contributed by atoms with E-state index in [0.717, 1.165) is 11.4 Å². The summed E-state index contributed by atoms with van der Waals surface area (Å²) in [6, 6.07) is 15.3. The Balaban J connectivity index is 1.67. The molecule has 0 aliphatic heterocycles. The number of hydrogen-bond donors (Lipinski definition) is 1. The molecule has 0 radical (unpaired) electrons. The van der Waals surface area contributed by atoms with Gasteiger partial charge in [0.25, 0.3) is 5.91 Å². The summed E-state index contributed by atoms with van der Waals surface area (Å²) in [7, 11) is 0. The molecule has 3 rings (SSSR count). The van der Waals surface area contributed by atoms with Crippen LogP contribution in [0.3, 0.4) is 0 Å². The van der Waals surface area contributed by atoms with Crippen LogP contribution in [0.2, 0.25) is 0 Å². The summed E-state index contributed by atoms with van der Waals surface area (Å²) in [5.74, 6) is -0.164. The number of rotatable bonds is 4. The van der Waals surface area contributed by atoms with E-state index in [1.807, 2.05) is 48.5 Å². The van der Waals surface area contributed by atoms with Crippen LogP contribution in [0.5, 0.6) is 0 Å². The van der Waals surface area contributed by atoms with E-state index in [4.69, 9.17) is 0 Å². The van der Waals surface area contributed by atoms with Crippen molar-refractivity contribution >= 4 is 5.91 Å². The summed E-state index contributed by atoms with van der Waals surface area (Å²) in [5, 5.41) is 7.03. The van der Waals surface area contributed by atoms with Gasteiger partial charge in [-0.1, -0.05) is 24.3 Å². The van der Waals surface area contributed by atoms with Gasteiger partial charge in [0.1, 0.15) is 0 Å². The topological polar surface area (TPSA) is 59.8 Å². The molecule has 104 valence electrons. The fourth-order valence-corrected chi connectivity index (χ4v) is 1.94. The molecule has 2 heterocycles. The molecule has 0 atom stereocenters. The Hall–Kier alpha value is -2.95. The molecule has 1 N–H and O–H groups in total. The van der Waals surface area contributed by atoms with Crippen LogP contribution in [0, 0.1) is 0 Å². The SMILES string of the molecule is O=C(NCc1ccccn1)c1cnn(-c2ccccc2)c1. The number of amides is 1. The Kier molecular flexibility index (Phi) is 3.73. The molecular weight excluding hydrogens is 264 g/mol. The summed E-state index contributed by atoms with van der Waals surface area (Å²) < 4.78 is 1.68. The van der Waals surface area contributed by atoms with E-state index in [9.17, 15) is 4.79 Å². The van der Waals surface area contributed by atoms with Crippen molar-refractivity contribution in [3.8, 4) is 5.69 Å². The maximum absolute atomic E-state index is 12.1. The van der Waals surface area contributed by atoms with Gasteiger partial charge in [0.2, 0.25) is 0 Å². The monoisotopic (exact) mass is 278 g/mol. The largest absolute Gasteiger partial charge is 0.346 e. The first-order valence-electron chi connectivity index (χ1n) is 6.61. The second-order valence-electron chi connectivity index (χ2n) is 4.51. The third-order valence-corrected chi connectivity index (χ3v) is 3.02.